The van der Waals surface area contributed by atoms with Gasteiger partial charge in [-0.2, -0.15) is 0 Å². The molecule has 0 aromatic heterocycles. The van der Waals surface area contributed by atoms with Crippen LogP contribution in [0.4, 0.5) is 0 Å². The highest BCUT2D eigenvalue weighted by Gasteiger charge is 2.21. The molecule has 1 unspecified atom stereocenters. The monoisotopic (exact) mass is 275 g/mol. The van der Waals surface area contributed by atoms with Gasteiger partial charge in [0.15, 0.2) is 0 Å². The molecule has 0 heterocycles. The maximum Gasteiger partial charge on any atom is 0.320 e. The van der Waals surface area contributed by atoms with Gasteiger partial charge in [0.05, 0.1) is 6.54 Å². The summed E-state index contributed by atoms with van der Waals surface area (Å²) in [6, 6.07) is 8.80. The van der Waals surface area contributed by atoms with Gasteiger partial charge in [0.25, 0.3) is 0 Å². The predicted octanol–water partition coefficient (Wildman–Crippen LogP) is 3.39. The molecular weight excluding hydrogens is 250 g/mol. The van der Waals surface area contributed by atoms with Crippen molar-refractivity contribution in [1.29, 1.82) is 0 Å². The molecule has 110 valence electrons. The maximum absolute atomic E-state index is 11.8. The fraction of sp³-hybridized carbons (Fsp3) is 0.588. The van der Waals surface area contributed by atoms with Crippen molar-refractivity contribution in [1.82, 2.24) is 5.32 Å². The van der Waals surface area contributed by atoms with Gasteiger partial charge in [-0.25, -0.2) is 0 Å². The zero-order chi connectivity index (χ0) is 14.6. The van der Waals surface area contributed by atoms with Crippen molar-refractivity contribution in [3.63, 3.8) is 0 Å². The Morgan fingerprint density at radius 2 is 2.05 bits per heavy atom. The Kier molecular flexibility index (Phi) is 4.81. The van der Waals surface area contributed by atoms with E-state index >= 15 is 0 Å². The van der Waals surface area contributed by atoms with E-state index in [2.05, 4.69) is 29.6 Å². The molecule has 2 rings (SSSR count). The van der Waals surface area contributed by atoms with Crippen LogP contribution in [0.25, 0.3) is 0 Å². The highest BCUT2D eigenvalue weighted by atomic mass is 16.6. The van der Waals surface area contributed by atoms with E-state index in [9.17, 15) is 4.79 Å². The van der Waals surface area contributed by atoms with Crippen molar-refractivity contribution in [3.05, 3.63) is 35.4 Å². The van der Waals surface area contributed by atoms with Gasteiger partial charge in [0.1, 0.15) is 5.60 Å². The molecule has 0 spiro atoms. The topological polar surface area (TPSA) is 38.3 Å². The third kappa shape index (κ3) is 4.34. The molecule has 20 heavy (non-hydrogen) atoms. The number of hydrogen-bond donors (Lipinski definition) is 1. The van der Waals surface area contributed by atoms with Gasteiger partial charge in [0, 0.05) is 6.04 Å². The van der Waals surface area contributed by atoms with Gasteiger partial charge in [-0.3, -0.25) is 4.79 Å². The molecule has 1 aliphatic carbocycles. The summed E-state index contributed by atoms with van der Waals surface area (Å²) in [4.78, 5) is 11.8. The molecule has 0 aliphatic heterocycles. The smallest absolute Gasteiger partial charge is 0.320 e. The van der Waals surface area contributed by atoms with Gasteiger partial charge in [-0.05, 0) is 51.2 Å². The van der Waals surface area contributed by atoms with Crippen LogP contribution in [0.1, 0.15) is 57.2 Å². The van der Waals surface area contributed by atoms with E-state index in [1.54, 1.807) is 0 Å². The summed E-state index contributed by atoms with van der Waals surface area (Å²) in [5.74, 6) is -0.181. The van der Waals surface area contributed by atoms with Crippen LogP contribution in [-0.2, 0) is 16.0 Å². The zero-order valence-electron chi connectivity index (χ0n) is 12.7. The molecule has 1 aromatic carbocycles. The van der Waals surface area contributed by atoms with Crippen molar-refractivity contribution in [2.24, 2.45) is 0 Å². The van der Waals surface area contributed by atoms with E-state index in [4.69, 9.17) is 4.74 Å². The number of nitrogens with one attached hydrogen (secondary N) is 1. The number of esters is 1. The molecule has 1 aliphatic rings. The van der Waals surface area contributed by atoms with Crippen LogP contribution in [-0.4, -0.2) is 18.1 Å². The summed E-state index contributed by atoms with van der Waals surface area (Å²) < 4.78 is 5.35. The summed E-state index contributed by atoms with van der Waals surface area (Å²) >= 11 is 0. The van der Waals surface area contributed by atoms with Crippen LogP contribution in [0.2, 0.25) is 0 Å². The standard InChI is InChI=1S/C17H25NO2/c1-17(2,3)20-16(19)12-18-15-11-7-5-9-13-8-4-6-10-14(13)15/h4,6,8,10,15,18H,5,7,9,11-12H2,1-3H3. The Hall–Kier alpha value is -1.35. The summed E-state index contributed by atoms with van der Waals surface area (Å²) in [7, 11) is 0. The van der Waals surface area contributed by atoms with Crippen LogP contribution < -0.4 is 5.32 Å². The second-order valence-corrected chi connectivity index (χ2v) is 6.46. The average molecular weight is 275 g/mol. The Bertz CT molecular complexity index is 462. The first-order chi connectivity index (χ1) is 9.46. The number of ether oxygens (including phenoxy) is 1. The van der Waals surface area contributed by atoms with Crippen molar-refractivity contribution >= 4 is 5.97 Å². The third-order valence-electron chi connectivity index (χ3n) is 3.53. The summed E-state index contributed by atoms with van der Waals surface area (Å²) in [5.41, 5.74) is 2.33. The lowest BCUT2D eigenvalue weighted by atomic mass is 9.99. The van der Waals surface area contributed by atoms with E-state index in [-0.39, 0.29) is 18.6 Å². The van der Waals surface area contributed by atoms with Crippen molar-refractivity contribution < 1.29 is 9.53 Å². The van der Waals surface area contributed by atoms with Gasteiger partial charge < -0.3 is 10.1 Å². The van der Waals surface area contributed by atoms with E-state index in [1.165, 1.54) is 24.0 Å². The quantitative estimate of drug-likeness (QED) is 0.679. The highest BCUT2D eigenvalue weighted by Crippen LogP contribution is 2.28. The number of aryl methyl sites for hydroxylation is 1. The van der Waals surface area contributed by atoms with Crippen molar-refractivity contribution in [2.45, 2.75) is 58.1 Å². The lowest BCUT2D eigenvalue weighted by Gasteiger charge is -2.22. The number of carbonyl (C=O) groups excluding carboxylic acids is 1. The fourth-order valence-corrected chi connectivity index (χ4v) is 2.72. The van der Waals surface area contributed by atoms with Gasteiger partial charge in [-0.1, -0.05) is 30.7 Å². The van der Waals surface area contributed by atoms with Crippen LogP contribution in [0.15, 0.2) is 24.3 Å². The SMILES string of the molecule is CC(C)(C)OC(=O)CNC1CCCCc2ccccc21. The molecule has 3 nitrogen and oxygen atoms in total. The Balaban J connectivity index is 1.97. The first-order valence-electron chi connectivity index (χ1n) is 7.49. The molecule has 0 radical (unpaired) electrons. The van der Waals surface area contributed by atoms with Crippen LogP contribution in [0.5, 0.6) is 0 Å². The van der Waals surface area contributed by atoms with Crippen molar-refractivity contribution in [2.75, 3.05) is 6.54 Å². The fourth-order valence-electron chi connectivity index (χ4n) is 2.72. The van der Waals surface area contributed by atoms with E-state index < -0.39 is 5.60 Å². The van der Waals surface area contributed by atoms with Crippen LogP contribution in [0, 0.1) is 0 Å². The zero-order valence-corrected chi connectivity index (χ0v) is 12.7. The molecular formula is C17H25NO2. The number of carbonyl (C=O) groups is 1. The minimum absolute atomic E-state index is 0.181. The Morgan fingerprint density at radius 3 is 2.80 bits per heavy atom. The molecule has 0 saturated carbocycles. The van der Waals surface area contributed by atoms with Gasteiger partial charge in [0.2, 0.25) is 0 Å². The predicted molar refractivity (Wildman–Crippen MR) is 80.6 cm³/mol. The first-order valence-corrected chi connectivity index (χ1v) is 7.49. The van der Waals surface area contributed by atoms with E-state index in [1.807, 2.05) is 20.8 Å². The normalized spacial score (nSPS) is 19.1. The van der Waals surface area contributed by atoms with E-state index in [0.29, 0.717) is 0 Å². The number of benzene rings is 1. The highest BCUT2D eigenvalue weighted by molar-refractivity contribution is 5.72. The average Bonchev–Trinajstić information content (AvgIpc) is 2.56. The second kappa shape index (κ2) is 6.40. The number of rotatable bonds is 3. The Morgan fingerprint density at radius 1 is 1.30 bits per heavy atom. The number of fused-ring (bicyclic) bond motifs is 1. The molecule has 1 atom stereocenters. The lowest BCUT2D eigenvalue weighted by molar-refractivity contribution is -0.153. The molecule has 3 heteroatoms. The largest absolute Gasteiger partial charge is 0.459 e. The molecule has 1 N–H and O–H groups in total. The first kappa shape index (κ1) is 15.0. The van der Waals surface area contributed by atoms with Crippen molar-refractivity contribution in [3.8, 4) is 0 Å². The van der Waals surface area contributed by atoms with E-state index in [0.717, 1.165) is 12.8 Å². The second-order valence-electron chi connectivity index (χ2n) is 6.46. The van der Waals surface area contributed by atoms with Crippen LogP contribution in [0.3, 0.4) is 0 Å². The Labute approximate surface area is 121 Å². The molecule has 0 amide bonds. The third-order valence-corrected chi connectivity index (χ3v) is 3.53. The van der Waals surface area contributed by atoms with Gasteiger partial charge >= 0.3 is 5.97 Å². The maximum atomic E-state index is 11.8. The minimum Gasteiger partial charge on any atom is -0.459 e. The lowest BCUT2D eigenvalue weighted by Crippen LogP contribution is -2.33. The van der Waals surface area contributed by atoms with Crippen LogP contribution >= 0.6 is 0 Å². The summed E-state index contributed by atoms with van der Waals surface area (Å²) in [5, 5.41) is 3.37. The molecule has 0 fully saturated rings. The molecule has 0 bridgehead atoms. The summed E-state index contributed by atoms with van der Waals surface area (Å²) in [6.45, 7) is 5.96. The minimum atomic E-state index is -0.417. The number of hydrogen-bond acceptors (Lipinski definition) is 3. The summed E-state index contributed by atoms with van der Waals surface area (Å²) in [6.07, 6.45) is 4.64. The molecule has 1 aromatic rings. The molecule has 0 saturated heterocycles. The van der Waals surface area contributed by atoms with Gasteiger partial charge in [-0.15, -0.1) is 0 Å².